The van der Waals surface area contributed by atoms with Crippen LogP contribution in [0.1, 0.15) is 5.56 Å². The van der Waals surface area contributed by atoms with E-state index in [1.165, 1.54) is 6.20 Å². The second kappa shape index (κ2) is 4.77. The topological polar surface area (TPSA) is 101 Å². The third kappa shape index (κ3) is 2.68. The van der Waals surface area contributed by atoms with E-state index in [2.05, 4.69) is 30.8 Å². The summed E-state index contributed by atoms with van der Waals surface area (Å²) in [4.78, 5) is 0. The lowest BCUT2D eigenvalue weighted by Crippen LogP contribution is -2.22. The van der Waals surface area contributed by atoms with Gasteiger partial charge < -0.3 is 5.73 Å². The Morgan fingerprint density at radius 2 is 2.35 bits per heavy atom. The molecule has 0 fully saturated rings. The lowest BCUT2D eigenvalue weighted by molar-refractivity contribution is 0.583. The largest absolute Gasteiger partial charge is 0.384 e. The van der Waals surface area contributed by atoms with Crippen LogP contribution in [0.25, 0.3) is 0 Å². The number of halogens is 1. The number of hydrogen-bond donors (Lipinski definition) is 3. The van der Waals surface area contributed by atoms with Gasteiger partial charge in [-0.05, 0) is 27.4 Å². The minimum atomic E-state index is -3.52. The number of nitrogens with one attached hydrogen (secondary N) is 2. The van der Waals surface area contributed by atoms with Crippen molar-refractivity contribution in [2.24, 2.45) is 0 Å². The number of H-pyrrole nitrogens is 1. The number of nitrogens with zero attached hydrogens (tertiary/aromatic N) is 1. The fourth-order valence-electron chi connectivity index (χ4n) is 1.17. The fourth-order valence-corrected chi connectivity index (χ4v) is 4.56. The highest BCUT2D eigenvalue weighted by Gasteiger charge is 2.19. The molecular weight excluding hydrogens is 328 g/mol. The molecule has 0 atom stereocenters. The maximum absolute atomic E-state index is 11.9. The summed E-state index contributed by atoms with van der Waals surface area (Å²) in [5.41, 5.74) is 6.17. The van der Waals surface area contributed by atoms with Crippen LogP contribution >= 0.6 is 27.3 Å². The first kappa shape index (κ1) is 12.6. The third-order valence-electron chi connectivity index (χ3n) is 2.03. The summed E-state index contributed by atoms with van der Waals surface area (Å²) in [6.07, 6.45) is 1.49. The van der Waals surface area contributed by atoms with Crippen molar-refractivity contribution in [3.05, 3.63) is 27.7 Å². The number of aromatic amines is 1. The molecule has 0 unspecified atom stereocenters. The highest BCUT2D eigenvalue weighted by Crippen LogP contribution is 2.27. The molecule has 0 aromatic carbocycles. The summed E-state index contributed by atoms with van der Waals surface area (Å²) in [6.45, 7) is 0.106. The molecule has 92 valence electrons. The average Bonchev–Trinajstić information content (AvgIpc) is 2.85. The van der Waals surface area contributed by atoms with Gasteiger partial charge in [0.1, 0.15) is 10.0 Å². The van der Waals surface area contributed by atoms with Crippen molar-refractivity contribution in [2.75, 3.05) is 5.73 Å². The van der Waals surface area contributed by atoms with Gasteiger partial charge in [-0.15, -0.1) is 11.3 Å². The van der Waals surface area contributed by atoms with Crippen LogP contribution in [0.2, 0.25) is 0 Å². The molecule has 0 saturated heterocycles. The van der Waals surface area contributed by atoms with E-state index in [1.54, 1.807) is 11.4 Å². The van der Waals surface area contributed by atoms with Crippen molar-refractivity contribution in [2.45, 2.75) is 10.8 Å². The summed E-state index contributed by atoms with van der Waals surface area (Å²) in [5, 5.41) is 7.95. The number of hydrogen-bond acceptors (Lipinski definition) is 5. The van der Waals surface area contributed by atoms with Crippen molar-refractivity contribution in [3.63, 3.8) is 0 Å². The number of nitrogens with two attached hydrogens (primary N) is 1. The standard InChI is InChI=1S/C8H9BrN4O2S2/c9-6-1-2-16-8(6)17(14,15)12-4-5-3-11-13-7(5)10/h1-3,12H,4H2,(H3,10,11,13). The van der Waals surface area contributed by atoms with Gasteiger partial charge in [0.2, 0.25) is 0 Å². The summed E-state index contributed by atoms with van der Waals surface area (Å²) >= 11 is 4.33. The molecule has 0 aliphatic heterocycles. The minimum absolute atomic E-state index is 0.106. The van der Waals surface area contributed by atoms with Gasteiger partial charge in [-0.3, -0.25) is 5.10 Å². The SMILES string of the molecule is Nc1[nH]ncc1CNS(=O)(=O)c1sccc1Br. The Kier molecular flexibility index (Phi) is 3.52. The Balaban J connectivity index is 2.15. The zero-order valence-corrected chi connectivity index (χ0v) is 11.7. The molecule has 0 spiro atoms. The van der Waals surface area contributed by atoms with Crippen molar-refractivity contribution in [1.82, 2.24) is 14.9 Å². The van der Waals surface area contributed by atoms with Crippen LogP contribution in [-0.2, 0) is 16.6 Å². The van der Waals surface area contributed by atoms with Crippen LogP contribution < -0.4 is 10.5 Å². The van der Waals surface area contributed by atoms with Crippen molar-refractivity contribution >= 4 is 43.1 Å². The predicted octanol–water partition coefficient (Wildman–Crippen LogP) is 1.29. The van der Waals surface area contributed by atoms with E-state index in [-0.39, 0.29) is 10.8 Å². The maximum Gasteiger partial charge on any atom is 0.251 e. The predicted molar refractivity (Wildman–Crippen MR) is 69.0 cm³/mol. The number of aromatic nitrogens is 2. The van der Waals surface area contributed by atoms with E-state index >= 15 is 0 Å². The number of nitrogen functional groups attached to an aromatic ring is 1. The smallest absolute Gasteiger partial charge is 0.251 e. The van der Waals surface area contributed by atoms with E-state index in [0.29, 0.717) is 15.9 Å². The van der Waals surface area contributed by atoms with Crippen LogP contribution in [0.15, 0.2) is 26.3 Å². The Morgan fingerprint density at radius 1 is 1.59 bits per heavy atom. The van der Waals surface area contributed by atoms with Crippen molar-refractivity contribution < 1.29 is 8.42 Å². The second-order valence-electron chi connectivity index (χ2n) is 3.19. The molecule has 17 heavy (non-hydrogen) atoms. The van der Waals surface area contributed by atoms with E-state index in [1.807, 2.05) is 0 Å². The molecule has 0 radical (unpaired) electrons. The van der Waals surface area contributed by atoms with Gasteiger partial charge in [0.15, 0.2) is 0 Å². The highest BCUT2D eigenvalue weighted by atomic mass is 79.9. The van der Waals surface area contributed by atoms with Crippen LogP contribution in [0.3, 0.4) is 0 Å². The number of anilines is 1. The van der Waals surface area contributed by atoms with Gasteiger partial charge in [0, 0.05) is 16.6 Å². The molecule has 0 saturated carbocycles. The summed E-state index contributed by atoms with van der Waals surface area (Å²) in [6, 6.07) is 1.69. The van der Waals surface area contributed by atoms with Crippen LogP contribution in [-0.4, -0.2) is 18.6 Å². The molecule has 0 bridgehead atoms. The fraction of sp³-hybridized carbons (Fsp3) is 0.125. The Morgan fingerprint density at radius 3 is 2.88 bits per heavy atom. The monoisotopic (exact) mass is 336 g/mol. The average molecular weight is 337 g/mol. The molecule has 2 rings (SSSR count). The van der Waals surface area contributed by atoms with E-state index in [4.69, 9.17) is 5.73 Å². The van der Waals surface area contributed by atoms with Gasteiger partial charge in [-0.2, -0.15) is 5.10 Å². The van der Waals surface area contributed by atoms with Gasteiger partial charge in [0.05, 0.1) is 6.20 Å². The third-order valence-corrected chi connectivity index (χ3v) is 6.10. The van der Waals surface area contributed by atoms with E-state index in [9.17, 15) is 8.42 Å². The van der Waals surface area contributed by atoms with Gasteiger partial charge >= 0.3 is 0 Å². The summed E-state index contributed by atoms with van der Waals surface area (Å²) < 4.78 is 27.1. The summed E-state index contributed by atoms with van der Waals surface area (Å²) in [7, 11) is -3.52. The first-order valence-corrected chi connectivity index (χ1v) is 7.66. The zero-order chi connectivity index (χ0) is 12.5. The molecule has 9 heteroatoms. The first-order chi connectivity index (χ1) is 8.00. The molecule has 0 amide bonds. The maximum atomic E-state index is 11.9. The Labute approximate surface area is 110 Å². The lowest BCUT2D eigenvalue weighted by Gasteiger charge is -2.04. The van der Waals surface area contributed by atoms with E-state index in [0.717, 1.165) is 11.3 Å². The van der Waals surface area contributed by atoms with Gasteiger partial charge in [-0.1, -0.05) is 0 Å². The Hall–Kier alpha value is -0.900. The quantitative estimate of drug-likeness (QED) is 0.783. The van der Waals surface area contributed by atoms with Gasteiger partial charge in [0.25, 0.3) is 10.0 Å². The first-order valence-electron chi connectivity index (χ1n) is 4.51. The summed E-state index contributed by atoms with van der Waals surface area (Å²) in [5.74, 6) is 0.359. The number of sulfonamides is 1. The van der Waals surface area contributed by atoms with Crippen LogP contribution in [0.4, 0.5) is 5.82 Å². The van der Waals surface area contributed by atoms with E-state index < -0.39 is 10.0 Å². The molecule has 0 aliphatic rings. The van der Waals surface area contributed by atoms with Crippen molar-refractivity contribution in [3.8, 4) is 0 Å². The zero-order valence-electron chi connectivity index (χ0n) is 8.47. The Bertz CT molecular complexity index is 619. The minimum Gasteiger partial charge on any atom is -0.384 e. The second-order valence-corrected chi connectivity index (χ2v) is 6.92. The molecule has 4 N–H and O–H groups in total. The molecule has 6 nitrogen and oxygen atoms in total. The lowest BCUT2D eigenvalue weighted by atomic mass is 10.3. The molecule has 0 aliphatic carbocycles. The molecule has 2 aromatic heterocycles. The molecule has 2 heterocycles. The number of thiophene rings is 1. The molecule has 2 aromatic rings. The normalized spacial score (nSPS) is 11.8. The van der Waals surface area contributed by atoms with Gasteiger partial charge in [-0.25, -0.2) is 13.1 Å². The number of rotatable bonds is 4. The van der Waals surface area contributed by atoms with Crippen LogP contribution in [0, 0.1) is 0 Å². The van der Waals surface area contributed by atoms with Crippen molar-refractivity contribution in [1.29, 1.82) is 0 Å². The van der Waals surface area contributed by atoms with Crippen LogP contribution in [0.5, 0.6) is 0 Å². The highest BCUT2D eigenvalue weighted by molar-refractivity contribution is 9.10. The molecular formula is C8H9BrN4O2S2.